The maximum atomic E-state index is 3.51. The summed E-state index contributed by atoms with van der Waals surface area (Å²) in [6.45, 7) is 6.60. The molecule has 2 aromatic carbocycles. The van der Waals surface area contributed by atoms with E-state index in [1.165, 1.54) is 27.8 Å². The lowest BCUT2D eigenvalue weighted by atomic mass is 9.91. The molecule has 21 heavy (non-hydrogen) atoms. The molecule has 2 aromatic rings. The van der Waals surface area contributed by atoms with Crippen molar-refractivity contribution in [2.24, 2.45) is 0 Å². The van der Waals surface area contributed by atoms with E-state index in [1.54, 1.807) is 0 Å². The van der Waals surface area contributed by atoms with E-state index in [2.05, 4.69) is 75.6 Å². The van der Waals surface area contributed by atoms with Crippen molar-refractivity contribution in [1.82, 2.24) is 5.32 Å². The molecule has 2 rings (SSSR count). The van der Waals surface area contributed by atoms with Crippen LogP contribution in [0.5, 0.6) is 0 Å². The number of benzene rings is 2. The topological polar surface area (TPSA) is 12.0 Å². The van der Waals surface area contributed by atoms with E-state index in [0.29, 0.717) is 6.04 Å². The molecule has 1 heteroatoms. The SMILES string of the molecule is CCc1ccc(CC)c(C(Cc2ccc(C)cc2)NC)c1. The van der Waals surface area contributed by atoms with Gasteiger partial charge >= 0.3 is 0 Å². The quantitative estimate of drug-likeness (QED) is 0.814. The molecule has 0 amide bonds. The molecule has 0 aliphatic carbocycles. The summed E-state index contributed by atoms with van der Waals surface area (Å²) in [5.74, 6) is 0. The zero-order valence-electron chi connectivity index (χ0n) is 13.7. The molecule has 0 fully saturated rings. The molecule has 1 atom stereocenters. The Kier molecular flexibility index (Phi) is 5.58. The van der Waals surface area contributed by atoms with Gasteiger partial charge in [-0.2, -0.15) is 0 Å². The fourth-order valence-corrected chi connectivity index (χ4v) is 2.84. The van der Waals surface area contributed by atoms with Gasteiger partial charge in [0.15, 0.2) is 0 Å². The van der Waals surface area contributed by atoms with Gasteiger partial charge in [0.05, 0.1) is 0 Å². The van der Waals surface area contributed by atoms with Crippen LogP contribution in [0.25, 0.3) is 0 Å². The van der Waals surface area contributed by atoms with Gasteiger partial charge in [0.1, 0.15) is 0 Å². The summed E-state index contributed by atoms with van der Waals surface area (Å²) in [6, 6.07) is 16.2. The molecular weight excluding hydrogens is 254 g/mol. The molecular formula is C20H27N. The van der Waals surface area contributed by atoms with Crippen LogP contribution in [0.1, 0.15) is 47.7 Å². The molecule has 0 aromatic heterocycles. The van der Waals surface area contributed by atoms with E-state index in [9.17, 15) is 0 Å². The van der Waals surface area contributed by atoms with Crippen molar-refractivity contribution in [3.63, 3.8) is 0 Å². The molecule has 112 valence electrons. The van der Waals surface area contributed by atoms with Crippen molar-refractivity contribution in [3.8, 4) is 0 Å². The summed E-state index contributed by atoms with van der Waals surface area (Å²) >= 11 is 0. The summed E-state index contributed by atoms with van der Waals surface area (Å²) in [6.07, 6.45) is 3.22. The molecule has 0 aliphatic heterocycles. The normalized spacial score (nSPS) is 12.4. The maximum Gasteiger partial charge on any atom is 0.0361 e. The molecule has 0 saturated heterocycles. The molecule has 1 nitrogen and oxygen atoms in total. The van der Waals surface area contributed by atoms with Crippen LogP contribution >= 0.6 is 0 Å². The third-order valence-electron chi connectivity index (χ3n) is 4.28. The Bertz CT molecular complexity index is 569. The van der Waals surface area contributed by atoms with Gasteiger partial charge in [0.2, 0.25) is 0 Å². The number of rotatable bonds is 6. The van der Waals surface area contributed by atoms with Crippen LogP contribution in [-0.2, 0) is 19.3 Å². The number of hydrogen-bond donors (Lipinski definition) is 1. The number of hydrogen-bond acceptors (Lipinski definition) is 1. The maximum absolute atomic E-state index is 3.51. The number of nitrogens with one attached hydrogen (secondary N) is 1. The second-order valence-corrected chi connectivity index (χ2v) is 5.77. The standard InChI is InChI=1S/C20H27N/c1-5-16-11-12-18(6-2)19(13-16)20(21-4)14-17-9-7-15(3)8-10-17/h7-13,20-21H,5-6,14H2,1-4H3. The van der Waals surface area contributed by atoms with E-state index in [4.69, 9.17) is 0 Å². The number of aryl methyl sites for hydroxylation is 3. The van der Waals surface area contributed by atoms with Crippen LogP contribution in [0.3, 0.4) is 0 Å². The van der Waals surface area contributed by atoms with Crippen molar-refractivity contribution >= 4 is 0 Å². The molecule has 0 bridgehead atoms. The van der Waals surface area contributed by atoms with Crippen molar-refractivity contribution in [2.75, 3.05) is 7.05 Å². The van der Waals surface area contributed by atoms with Crippen molar-refractivity contribution in [2.45, 2.75) is 46.1 Å². The molecule has 1 N–H and O–H groups in total. The summed E-state index contributed by atoms with van der Waals surface area (Å²) < 4.78 is 0. The van der Waals surface area contributed by atoms with Gasteiger partial charge in [-0.3, -0.25) is 0 Å². The van der Waals surface area contributed by atoms with Crippen LogP contribution < -0.4 is 5.32 Å². The Labute approximate surface area is 129 Å². The van der Waals surface area contributed by atoms with Crippen LogP contribution in [0, 0.1) is 6.92 Å². The van der Waals surface area contributed by atoms with Crippen LogP contribution in [-0.4, -0.2) is 7.05 Å². The zero-order chi connectivity index (χ0) is 15.2. The van der Waals surface area contributed by atoms with Gasteiger partial charge in [0.25, 0.3) is 0 Å². The smallest absolute Gasteiger partial charge is 0.0361 e. The van der Waals surface area contributed by atoms with Crippen LogP contribution in [0.4, 0.5) is 0 Å². The Morgan fingerprint density at radius 2 is 1.57 bits per heavy atom. The van der Waals surface area contributed by atoms with Crippen molar-refractivity contribution < 1.29 is 0 Å². The molecule has 0 spiro atoms. The highest BCUT2D eigenvalue weighted by atomic mass is 14.9. The summed E-state index contributed by atoms with van der Waals surface area (Å²) in [4.78, 5) is 0. The van der Waals surface area contributed by atoms with Gasteiger partial charge in [-0.1, -0.05) is 61.9 Å². The van der Waals surface area contributed by atoms with Crippen LogP contribution in [0.15, 0.2) is 42.5 Å². The summed E-state index contributed by atoms with van der Waals surface area (Å²) in [7, 11) is 2.07. The van der Waals surface area contributed by atoms with E-state index >= 15 is 0 Å². The predicted molar refractivity (Wildman–Crippen MR) is 91.9 cm³/mol. The van der Waals surface area contributed by atoms with E-state index in [1.807, 2.05) is 0 Å². The first-order valence-corrected chi connectivity index (χ1v) is 8.02. The summed E-state index contributed by atoms with van der Waals surface area (Å²) in [5, 5.41) is 3.51. The first kappa shape index (κ1) is 15.8. The van der Waals surface area contributed by atoms with Gasteiger partial charge in [-0.05, 0) is 55.5 Å². The average molecular weight is 281 g/mol. The lowest BCUT2D eigenvalue weighted by Crippen LogP contribution is -2.20. The first-order valence-electron chi connectivity index (χ1n) is 8.02. The van der Waals surface area contributed by atoms with Crippen molar-refractivity contribution in [1.29, 1.82) is 0 Å². The van der Waals surface area contributed by atoms with E-state index < -0.39 is 0 Å². The lowest BCUT2D eigenvalue weighted by Gasteiger charge is -2.21. The second-order valence-electron chi connectivity index (χ2n) is 5.77. The minimum absolute atomic E-state index is 0.383. The molecule has 0 saturated carbocycles. The third-order valence-corrected chi connectivity index (χ3v) is 4.28. The first-order chi connectivity index (χ1) is 10.2. The van der Waals surface area contributed by atoms with Gasteiger partial charge < -0.3 is 5.32 Å². The highest BCUT2D eigenvalue weighted by Gasteiger charge is 2.14. The van der Waals surface area contributed by atoms with E-state index in [-0.39, 0.29) is 0 Å². The van der Waals surface area contributed by atoms with Crippen molar-refractivity contribution in [3.05, 3.63) is 70.3 Å². The molecule has 0 heterocycles. The van der Waals surface area contributed by atoms with Gasteiger partial charge in [0, 0.05) is 6.04 Å². The third kappa shape index (κ3) is 3.95. The van der Waals surface area contributed by atoms with Gasteiger partial charge in [-0.25, -0.2) is 0 Å². The monoisotopic (exact) mass is 281 g/mol. The zero-order valence-corrected chi connectivity index (χ0v) is 13.7. The minimum Gasteiger partial charge on any atom is -0.313 e. The number of likely N-dealkylation sites (N-methyl/N-ethyl adjacent to an activating group) is 1. The van der Waals surface area contributed by atoms with Crippen LogP contribution in [0.2, 0.25) is 0 Å². The lowest BCUT2D eigenvalue weighted by molar-refractivity contribution is 0.586. The molecule has 1 unspecified atom stereocenters. The van der Waals surface area contributed by atoms with E-state index in [0.717, 1.165) is 19.3 Å². The Morgan fingerprint density at radius 3 is 2.14 bits per heavy atom. The fraction of sp³-hybridized carbons (Fsp3) is 0.400. The Hall–Kier alpha value is -1.60. The average Bonchev–Trinajstić information content (AvgIpc) is 2.53. The minimum atomic E-state index is 0.383. The highest BCUT2D eigenvalue weighted by molar-refractivity contribution is 5.36. The fourth-order valence-electron chi connectivity index (χ4n) is 2.84. The molecule has 0 radical (unpaired) electrons. The summed E-state index contributed by atoms with van der Waals surface area (Å²) in [5.41, 5.74) is 7.05. The second kappa shape index (κ2) is 7.42. The largest absolute Gasteiger partial charge is 0.313 e. The van der Waals surface area contributed by atoms with Gasteiger partial charge in [-0.15, -0.1) is 0 Å². The predicted octanol–water partition coefficient (Wildman–Crippen LogP) is 4.62. The molecule has 0 aliphatic rings. The Morgan fingerprint density at radius 1 is 0.905 bits per heavy atom. The Balaban J connectivity index is 2.29. The highest BCUT2D eigenvalue weighted by Crippen LogP contribution is 2.24.